The minimum Gasteiger partial charge on any atom is -0.504 e. The monoisotopic (exact) mass is 524 g/mol. The van der Waals surface area contributed by atoms with Gasteiger partial charge >= 0.3 is 0 Å². The minimum absolute atomic E-state index is 0.0388. The Kier molecular flexibility index (Phi) is 6.69. The van der Waals surface area contributed by atoms with Crippen LogP contribution in [0.5, 0.6) is 23.0 Å². The van der Waals surface area contributed by atoms with Crippen LogP contribution in [0.3, 0.4) is 0 Å². The third-order valence-electron chi connectivity index (χ3n) is 6.95. The summed E-state index contributed by atoms with van der Waals surface area (Å²) in [4.78, 5) is 27.9. The van der Waals surface area contributed by atoms with Gasteiger partial charge in [0.1, 0.15) is 5.82 Å². The Morgan fingerprint density at radius 2 is 1.95 bits per heavy atom. The van der Waals surface area contributed by atoms with Crippen LogP contribution in [0.1, 0.15) is 39.4 Å². The molecule has 2 N–H and O–H groups in total. The lowest BCUT2D eigenvalue weighted by Gasteiger charge is -2.21. The van der Waals surface area contributed by atoms with E-state index in [9.17, 15) is 19.1 Å². The van der Waals surface area contributed by atoms with Crippen LogP contribution < -0.4 is 14.8 Å². The number of fused-ring (bicyclic) bond motifs is 6. The van der Waals surface area contributed by atoms with Crippen molar-refractivity contribution >= 4 is 23.4 Å². The van der Waals surface area contributed by atoms with E-state index in [0.717, 1.165) is 11.1 Å². The van der Waals surface area contributed by atoms with E-state index in [1.54, 1.807) is 31.2 Å². The van der Waals surface area contributed by atoms with Crippen LogP contribution in [-0.4, -0.2) is 48.1 Å². The first-order chi connectivity index (χ1) is 17.7. The molecule has 2 amide bonds. The fourth-order valence-electron chi connectivity index (χ4n) is 4.92. The minimum atomic E-state index is -0.687. The summed E-state index contributed by atoms with van der Waals surface area (Å²) in [6.07, 6.45) is 0.641. The maximum absolute atomic E-state index is 14.7. The third kappa shape index (κ3) is 4.81. The van der Waals surface area contributed by atoms with Gasteiger partial charge in [-0.3, -0.25) is 9.59 Å². The number of methoxy groups -OCH3 is 1. The number of halogens is 2. The number of carbonyl (C=O) groups is 2. The molecular weight excluding hydrogens is 499 g/mol. The number of nitrogens with one attached hydrogen (secondary N) is 1. The van der Waals surface area contributed by atoms with Gasteiger partial charge in [0.25, 0.3) is 5.91 Å². The zero-order valence-corrected chi connectivity index (χ0v) is 21.1. The van der Waals surface area contributed by atoms with Crippen molar-refractivity contribution in [1.29, 1.82) is 0 Å². The number of rotatable bonds is 2. The molecule has 2 aliphatic heterocycles. The van der Waals surface area contributed by atoms with Crippen molar-refractivity contribution in [2.75, 3.05) is 20.2 Å². The van der Waals surface area contributed by atoms with Crippen LogP contribution >= 0.6 is 11.6 Å². The van der Waals surface area contributed by atoms with Crippen molar-refractivity contribution in [3.63, 3.8) is 0 Å². The van der Waals surface area contributed by atoms with Crippen LogP contribution in [0, 0.1) is 12.7 Å². The van der Waals surface area contributed by atoms with Crippen LogP contribution in [0.2, 0.25) is 5.02 Å². The Bertz CT molecular complexity index is 1400. The summed E-state index contributed by atoms with van der Waals surface area (Å²) < 4.78 is 26.2. The Hall–Kier alpha value is -3.78. The largest absolute Gasteiger partial charge is 0.504 e. The third-order valence-corrected chi connectivity index (χ3v) is 7.44. The van der Waals surface area contributed by atoms with Crippen LogP contribution in [0.25, 0.3) is 0 Å². The molecule has 0 saturated carbocycles. The molecule has 9 heteroatoms. The second-order valence-corrected chi connectivity index (χ2v) is 9.74. The predicted octanol–water partition coefficient (Wildman–Crippen LogP) is 4.96. The molecule has 2 heterocycles. The van der Waals surface area contributed by atoms with Crippen molar-refractivity contribution in [3.05, 3.63) is 81.6 Å². The lowest BCUT2D eigenvalue weighted by molar-refractivity contribution is -0.121. The van der Waals surface area contributed by atoms with Gasteiger partial charge in [-0.05, 0) is 60.4 Å². The maximum atomic E-state index is 14.7. The van der Waals surface area contributed by atoms with E-state index in [1.807, 2.05) is 6.07 Å². The van der Waals surface area contributed by atoms with Crippen molar-refractivity contribution in [1.82, 2.24) is 10.2 Å². The van der Waals surface area contributed by atoms with Gasteiger partial charge in [-0.1, -0.05) is 29.8 Å². The van der Waals surface area contributed by atoms with Gasteiger partial charge in [0.05, 0.1) is 23.7 Å². The highest BCUT2D eigenvalue weighted by Crippen LogP contribution is 2.40. The summed E-state index contributed by atoms with van der Waals surface area (Å²) in [5.41, 5.74) is 2.04. The topological polar surface area (TPSA) is 88.1 Å². The number of carbonyl (C=O) groups excluding carboxylic acids is 2. The summed E-state index contributed by atoms with van der Waals surface area (Å²) in [6, 6.07) is 12.7. The van der Waals surface area contributed by atoms with Crippen LogP contribution in [0.4, 0.5) is 4.39 Å². The summed E-state index contributed by atoms with van der Waals surface area (Å²) in [7, 11) is 1.52. The second-order valence-electron chi connectivity index (χ2n) is 9.36. The summed E-state index contributed by atoms with van der Waals surface area (Å²) >= 11 is 6.32. The number of hydrogen-bond acceptors (Lipinski definition) is 5. The molecule has 0 unspecified atom stereocenters. The van der Waals surface area contributed by atoms with Crippen LogP contribution in [0.15, 0.2) is 48.5 Å². The number of likely N-dealkylation sites (tertiary alicyclic amines) is 1. The van der Waals surface area contributed by atoms with Gasteiger partial charge in [0.2, 0.25) is 5.91 Å². The second kappa shape index (κ2) is 9.94. The number of aromatic hydroxyl groups is 1. The number of hydrogen-bond donors (Lipinski definition) is 2. The smallest absolute Gasteiger partial charge is 0.258 e. The molecule has 0 aromatic heterocycles. The van der Waals surface area contributed by atoms with E-state index in [0.29, 0.717) is 23.5 Å². The zero-order chi connectivity index (χ0) is 26.3. The molecule has 0 spiro atoms. The molecule has 4 bridgehead atoms. The number of aryl methyl sites for hydroxylation is 2. The van der Waals surface area contributed by atoms with Gasteiger partial charge in [-0.2, -0.15) is 0 Å². The lowest BCUT2D eigenvalue weighted by atomic mass is 9.93. The summed E-state index contributed by atoms with van der Waals surface area (Å²) in [5, 5.41) is 13.5. The number of phenolic OH excluding ortho intramolecular Hbond substituents is 1. The van der Waals surface area contributed by atoms with Gasteiger partial charge in [0.15, 0.2) is 23.0 Å². The molecule has 0 aliphatic carbocycles. The molecule has 5 rings (SSSR count). The molecule has 37 heavy (non-hydrogen) atoms. The highest BCUT2D eigenvalue weighted by atomic mass is 35.5. The first kappa shape index (κ1) is 24.9. The van der Waals surface area contributed by atoms with E-state index < -0.39 is 17.8 Å². The van der Waals surface area contributed by atoms with Gasteiger partial charge in [-0.25, -0.2) is 4.39 Å². The lowest BCUT2D eigenvalue weighted by Crippen LogP contribution is -2.40. The molecule has 2 atom stereocenters. The van der Waals surface area contributed by atoms with Gasteiger partial charge in [0, 0.05) is 25.4 Å². The normalized spacial score (nSPS) is 19.0. The number of phenols is 1. The van der Waals surface area contributed by atoms with Gasteiger partial charge < -0.3 is 24.8 Å². The molecule has 7 nitrogen and oxygen atoms in total. The SMILES string of the molecule is COc1ccc2cc1Oc1cc(ccc1O)CCC(=O)N[C@@H]1CN(C(=O)c3c(F)ccc(C)c3Cl)C[C@@H]21. The van der Waals surface area contributed by atoms with E-state index in [2.05, 4.69) is 5.32 Å². The first-order valence-corrected chi connectivity index (χ1v) is 12.3. The van der Waals surface area contributed by atoms with Crippen molar-refractivity contribution in [3.8, 4) is 23.0 Å². The van der Waals surface area contributed by atoms with E-state index in [4.69, 9.17) is 21.1 Å². The molecule has 3 aromatic rings. The summed E-state index contributed by atoms with van der Waals surface area (Å²) in [5.74, 6) is -0.636. The highest BCUT2D eigenvalue weighted by molar-refractivity contribution is 6.34. The Labute approximate surface area is 218 Å². The standard InChI is InChI=1S/C28H26ClFN2O5/c1-15-3-7-19(30)26(27(15)29)28(35)32-13-18-17-6-9-22(36-2)24(12-17)37-23-11-16(4-8-21(23)33)5-10-25(34)31-20(18)14-32/h3-4,6-9,11-12,18,20,33H,5,10,13-14H2,1-2H3,(H,31,34)/t18-,20+/m0/s1. The molecule has 1 saturated heterocycles. The van der Waals surface area contributed by atoms with Crippen molar-refractivity contribution < 1.29 is 28.6 Å². The number of nitrogens with zero attached hydrogens (tertiary/aromatic N) is 1. The zero-order valence-electron chi connectivity index (χ0n) is 20.4. The Balaban J connectivity index is 1.54. The van der Waals surface area contributed by atoms with E-state index in [-0.39, 0.29) is 53.4 Å². The molecular formula is C28H26ClFN2O5. The average Bonchev–Trinajstić information content (AvgIpc) is 3.30. The van der Waals surface area contributed by atoms with Crippen LogP contribution in [-0.2, 0) is 11.2 Å². The summed E-state index contributed by atoms with van der Waals surface area (Å²) in [6.45, 7) is 2.14. The van der Waals surface area contributed by atoms with E-state index in [1.165, 1.54) is 30.2 Å². The maximum Gasteiger partial charge on any atom is 0.258 e. The molecule has 0 radical (unpaired) electrons. The molecule has 3 aromatic carbocycles. The number of ether oxygens (including phenoxy) is 2. The quantitative estimate of drug-likeness (QED) is 0.494. The Morgan fingerprint density at radius 1 is 1.14 bits per heavy atom. The highest BCUT2D eigenvalue weighted by Gasteiger charge is 2.39. The number of benzene rings is 3. The number of amides is 2. The van der Waals surface area contributed by atoms with E-state index >= 15 is 0 Å². The molecule has 1 fully saturated rings. The average molecular weight is 525 g/mol. The Morgan fingerprint density at radius 3 is 2.73 bits per heavy atom. The van der Waals surface area contributed by atoms with Crippen molar-refractivity contribution in [2.45, 2.75) is 31.7 Å². The first-order valence-electron chi connectivity index (χ1n) is 12.0. The molecule has 192 valence electrons. The fourth-order valence-corrected chi connectivity index (χ4v) is 5.15. The van der Waals surface area contributed by atoms with Crippen molar-refractivity contribution in [2.24, 2.45) is 0 Å². The molecule has 2 aliphatic rings. The fraction of sp³-hybridized carbons (Fsp3) is 0.286. The predicted molar refractivity (Wildman–Crippen MR) is 136 cm³/mol. The van der Waals surface area contributed by atoms with Gasteiger partial charge in [-0.15, -0.1) is 0 Å².